The van der Waals surface area contributed by atoms with Gasteiger partial charge < -0.3 is 5.32 Å². The fourth-order valence-corrected chi connectivity index (χ4v) is 3.11. The van der Waals surface area contributed by atoms with Gasteiger partial charge in [0.05, 0.1) is 18.5 Å². The van der Waals surface area contributed by atoms with Gasteiger partial charge in [-0.2, -0.15) is 0 Å². The highest BCUT2D eigenvalue weighted by Crippen LogP contribution is 2.29. The summed E-state index contributed by atoms with van der Waals surface area (Å²) in [5.41, 5.74) is 2.90. The van der Waals surface area contributed by atoms with Crippen molar-refractivity contribution < 1.29 is 5.32 Å². The van der Waals surface area contributed by atoms with E-state index in [-0.39, 0.29) is 0 Å². The molecule has 3 rings (SSSR count). The van der Waals surface area contributed by atoms with E-state index in [1.54, 1.807) is 0 Å². The van der Waals surface area contributed by atoms with Crippen LogP contribution in [0, 0.1) is 0 Å². The SMILES string of the molecule is c1ccc(C(c2ccccc2)[C@@H]2CCC[NH2+]2)cc1. The summed E-state index contributed by atoms with van der Waals surface area (Å²) in [6.07, 6.45) is 2.68. The third-order valence-corrected chi connectivity index (χ3v) is 3.96. The summed E-state index contributed by atoms with van der Waals surface area (Å²) in [6.45, 7) is 1.28. The van der Waals surface area contributed by atoms with Gasteiger partial charge in [-0.05, 0) is 11.1 Å². The minimum Gasteiger partial charge on any atom is -0.343 e. The zero-order valence-corrected chi connectivity index (χ0v) is 10.6. The maximum atomic E-state index is 2.52. The molecule has 1 heterocycles. The molecule has 2 aromatic rings. The smallest absolute Gasteiger partial charge is 0.0971 e. The van der Waals surface area contributed by atoms with Gasteiger partial charge in [-0.25, -0.2) is 0 Å². The van der Waals surface area contributed by atoms with E-state index in [4.69, 9.17) is 0 Å². The second-order valence-electron chi connectivity index (χ2n) is 5.13. The Hall–Kier alpha value is -1.60. The van der Waals surface area contributed by atoms with Crippen LogP contribution in [-0.4, -0.2) is 12.6 Å². The summed E-state index contributed by atoms with van der Waals surface area (Å²) in [7, 11) is 0. The van der Waals surface area contributed by atoms with Gasteiger partial charge in [0.15, 0.2) is 0 Å². The summed E-state index contributed by atoms with van der Waals surface area (Å²) < 4.78 is 0. The lowest BCUT2D eigenvalue weighted by atomic mass is 9.84. The van der Waals surface area contributed by atoms with Crippen molar-refractivity contribution in [2.75, 3.05) is 6.54 Å². The molecule has 92 valence electrons. The van der Waals surface area contributed by atoms with E-state index in [2.05, 4.69) is 66.0 Å². The van der Waals surface area contributed by atoms with Crippen molar-refractivity contribution in [2.24, 2.45) is 0 Å². The standard InChI is InChI=1S/C17H19N/c1-3-8-14(9-4-1)17(16-12-7-13-18-16)15-10-5-2-6-11-15/h1-6,8-11,16-18H,7,12-13H2/p+1/t16-/m0/s1. The van der Waals surface area contributed by atoms with E-state index in [1.165, 1.54) is 30.5 Å². The molecular weight excluding hydrogens is 218 g/mol. The molecule has 0 spiro atoms. The molecule has 1 fully saturated rings. The lowest BCUT2D eigenvalue weighted by Crippen LogP contribution is -2.87. The monoisotopic (exact) mass is 238 g/mol. The van der Waals surface area contributed by atoms with Gasteiger partial charge in [-0.15, -0.1) is 0 Å². The van der Waals surface area contributed by atoms with Crippen molar-refractivity contribution in [3.8, 4) is 0 Å². The lowest BCUT2D eigenvalue weighted by molar-refractivity contribution is -0.671. The first-order chi connectivity index (χ1) is 8.95. The largest absolute Gasteiger partial charge is 0.343 e. The first-order valence-corrected chi connectivity index (χ1v) is 6.88. The third-order valence-electron chi connectivity index (χ3n) is 3.96. The van der Waals surface area contributed by atoms with Crippen LogP contribution in [0.4, 0.5) is 0 Å². The van der Waals surface area contributed by atoms with Crippen molar-refractivity contribution in [3.63, 3.8) is 0 Å². The van der Waals surface area contributed by atoms with Gasteiger partial charge >= 0.3 is 0 Å². The molecule has 1 atom stereocenters. The van der Waals surface area contributed by atoms with Crippen LogP contribution in [0.5, 0.6) is 0 Å². The molecule has 0 unspecified atom stereocenters. The molecule has 0 aliphatic carbocycles. The molecular formula is C17H20N+. The van der Waals surface area contributed by atoms with Crippen molar-refractivity contribution in [1.82, 2.24) is 0 Å². The van der Waals surface area contributed by atoms with Crippen LogP contribution in [0.15, 0.2) is 60.7 Å². The second kappa shape index (κ2) is 5.36. The summed E-state index contributed by atoms with van der Waals surface area (Å²) in [5, 5.41) is 2.52. The number of rotatable bonds is 3. The molecule has 0 radical (unpaired) electrons. The van der Waals surface area contributed by atoms with Crippen LogP contribution in [0.2, 0.25) is 0 Å². The van der Waals surface area contributed by atoms with Crippen LogP contribution >= 0.6 is 0 Å². The molecule has 1 aliphatic heterocycles. The van der Waals surface area contributed by atoms with Crippen molar-refractivity contribution in [1.29, 1.82) is 0 Å². The highest BCUT2D eigenvalue weighted by molar-refractivity contribution is 5.33. The molecule has 18 heavy (non-hydrogen) atoms. The van der Waals surface area contributed by atoms with Crippen molar-refractivity contribution in [3.05, 3.63) is 71.8 Å². The van der Waals surface area contributed by atoms with Crippen molar-refractivity contribution in [2.45, 2.75) is 24.8 Å². The first kappa shape index (κ1) is 11.5. The molecule has 0 saturated carbocycles. The molecule has 2 aromatic carbocycles. The molecule has 2 N–H and O–H groups in total. The molecule has 1 heteroatoms. The Bertz CT molecular complexity index is 432. The lowest BCUT2D eigenvalue weighted by Gasteiger charge is -2.22. The number of quaternary nitrogens is 1. The predicted molar refractivity (Wildman–Crippen MR) is 74.5 cm³/mol. The number of benzene rings is 2. The Balaban J connectivity index is 1.98. The van der Waals surface area contributed by atoms with Gasteiger partial charge in [0.1, 0.15) is 0 Å². The van der Waals surface area contributed by atoms with Crippen LogP contribution in [-0.2, 0) is 0 Å². The third kappa shape index (κ3) is 2.32. The van der Waals surface area contributed by atoms with Gasteiger partial charge in [-0.1, -0.05) is 60.7 Å². The zero-order chi connectivity index (χ0) is 12.2. The minimum atomic E-state index is 0.537. The van der Waals surface area contributed by atoms with Crippen molar-refractivity contribution >= 4 is 0 Å². The maximum Gasteiger partial charge on any atom is 0.0971 e. The molecule has 1 aliphatic rings. The average molecular weight is 238 g/mol. The molecule has 1 saturated heterocycles. The topological polar surface area (TPSA) is 16.6 Å². The highest BCUT2D eigenvalue weighted by atomic mass is 14.9. The second-order valence-corrected chi connectivity index (χ2v) is 5.13. The number of hydrogen-bond donors (Lipinski definition) is 1. The Morgan fingerprint density at radius 1 is 0.833 bits per heavy atom. The van der Waals surface area contributed by atoms with Crippen LogP contribution in [0.3, 0.4) is 0 Å². The normalized spacial score (nSPS) is 19.3. The van der Waals surface area contributed by atoms with Gasteiger partial charge in [-0.3, -0.25) is 0 Å². The van der Waals surface area contributed by atoms with E-state index in [0.717, 1.165) is 0 Å². The summed E-state index contributed by atoms with van der Waals surface area (Å²) in [6, 6.07) is 22.6. The van der Waals surface area contributed by atoms with Gasteiger partial charge in [0.25, 0.3) is 0 Å². The summed E-state index contributed by atoms with van der Waals surface area (Å²) in [5.74, 6) is 0.537. The van der Waals surface area contributed by atoms with E-state index in [9.17, 15) is 0 Å². The quantitative estimate of drug-likeness (QED) is 0.846. The van der Waals surface area contributed by atoms with Crippen LogP contribution < -0.4 is 5.32 Å². The van der Waals surface area contributed by atoms with E-state index in [1.807, 2.05) is 0 Å². The number of hydrogen-bond acceptors (Lipinski definition) is 0. The predicted octanol–water partition coefficient (Wildman–Crippen LogP) is 2.54. The van der Waals surface area contributed by atoms with Crippen LogP contribution in [0.25, 0.3) is 0 Å². The maximum absolute atomic E-state index is 2.52. The highest BCUT2D eigenvalue weighted by Gasteiger charge is 2.30. The van der Waals surface area contributed by atoms with Gasteiger partial charge in [0, 0.05) is 12.8 Å². The van der Waals surface area contributed by atoms with E-state index < -0.39 is 0 Å². The molecule has 0 amide bonds. The summed E-state index contributed by atoms with van der Waals surface area (Å²) >= 11 is 0. The Morgan fingerprint density at radius 2 is 1.39 bits per heavy atom. The fraction of sp³-hybridized carbons (Fsp3) is 0.294. The summed E-state index contributed by atoms with van der Waals surface area (Å²) in [4.78, 5) is 0. The molecule has 0 aromatic heterocycles. The Labute approximate surface area is 109 Å². The van der Waals surface area contributed by atoms with E-state index in [0.29, 0.717) is 12.0 Å². The molecule has 0 bridgehead atoms. The fourth-order valence-electron chi connectivity index (χ4n) is 3.11. The number of nitrogens with two attached hydrogens (primary N) is 1. The first-order valence-electron chi connectivity index (χ1n) is 6.88. The minimum absolute atomic E-state index is 0.537. The van der Waals surface area contributed by atoms with Crippen LogP contribution in [0.1, 0.15) is 29.9 Å². The molecule has 1 nitrogen and oxygen atoms in total. The zero-order valence-electron chi connectivity index (χ0n) is 10.6. The Morgan fingerprint density at radius 3 is 1.83 bits per heavy atom. The Kier molecular flexibility index (Phi) is 3.42. The van der Waals surface area contributed by atoms with E-state index >= 15 is 0 Å². The van der Waals surface area contributed by atoms with Gasteiger partial charge in [0.2, 0.25) is 0 Å². The average Bonchev–Trinajstić information content (AvgIpc) is 2.95.